The highest BCUT2D eigenvalue weighted by atomic mass is 16.3. The van der Waals surface area contributed by atoms with Crippen LogP contribution >= 0.6 is 0 Å². The maximum Gasteiger partial charge on any atom is 0.289 e. The smallest absolute Gasteiger partial charge is 0.289 e. The number of hydrogen-bond acceptors (Lipinski definition) is 4. The van der Waals surface area contributed by atoms with Crippen LogP contribution in [-0.2, 0) is 4.79 Å². The van der Waals surface area contributed by atoms with Gasteiger partial charge in [-0.3, -0.25) is 9.59 Å². The summed E-state index contributed by atoms with van der Waals surface area (Å²) in [5, 5.41) is 0. The summed E-state index contributed by atoms with van der Waals surface area (Å²) in [6.45, 7) is 2.29. The average Bonchev–Trinajstić information content (AvgIpc) is 3.31. The first-order chi connectivity index (χ1) is 11.1. The minimum absolute atomic E-state index is 0.000996. The summed E-state index contributed by atoms with van der Waals surface area (Å²) < 4.78 is 5.16. The highest BCUT2D eigenvalue weighted by Gasteiger charge is 2.50. The number of piperazine rings is 1. The molecule has 2 heterocycles. The van der Waals surface area contributed by atoms with E-state index in [1.807, 2.05) is 4.90 Å². The van der Waals surface area contributed by atoms with Gasteiger partial charge in [-0.05, 0) is 43.2 Å². The Morgan fingerprint density at radius 2 is 1.78 bits per heavy atom. The molecule has 2 aliphatic carbocycles. The molecule has 4 rings (SSSR count). The van der Waals surface area contributed by atoms with Gasteiger partial charge in [-0.2, -0.15) is 0 Å². The van der Waals surface area contributed by atoms with Gasteiger partial charge in [0.05, 0.1) is 12.2 Å². The van der Waals surface area contributed by atoms with E-state index in [4.69, 9.17) is 10.2 Å². The second kappa shape index (κ2) is 5.67. The van der Waals surface area contributed by atoms with E-state index in [0.29, 0.717) is 43.8 Å². The lowest BCUT2D eigenvalue weighted by atomic mass is 9.84. The van der Waals surface area contributed by atoms with Crippen molar-refractivity contribution in [1.29, 1.82) is 0 Å². The number of amides is 2. The van der Waals surface area contributed by atoms with E-state index in [0.717, 1.165) is 12.8 Å². The first-order valence-corrected chi connectivity index (χ1v) is 8.52. The predicted octanol–water partition coefficient (Wildman–Crippen LogP) is 0.937. The summed E-state index contributed by atoms with van der Waals surface area (Å²) in [4.78, 5) is 28.7. The van der Waals surface area contributed by atoms with E-state index in [1.165, 1.54) is 12.7 Å². The fourth-order valence-electron chi connectivity index (χ4n) is 4.60. The van der Waals surface area contributed by atoms with Crippen molar-refractivity contribution >= 4 is 11.8 Å². The van der Waals surface area contributed by atoms with E-state index >= 15 is 0 Å². The lowest BCUT2D eigenvalue weighted by Crippen LogP contribution is -2.54. The third-order valence-corrected chi connectivity index (χ3v) is 5.88. The molecule has 0 spiro atoms. The zero-order chi connectivity index (χ0) is 16.0. The van der Waals surface area contributed by atoms with Crippen molar-refractivity contribution in [3.05, 3.63) is 24.2 Å². The molecule has 6 nitrogen and oxygen atoms in total. The van der Waals surface area contributed by atoms with E-state index in [2.05, 4.69) is 0 Å². The maximum atomic E-state index is 12.8. The van der Waals surface area contributed by atoms with Crippen LogP contribution in [0.15, 0.2) is 22.8 Å². The van der Waals surface area contributed by atoms with Crippen molar-refractivity contribution in [2.24, 2.45) is 23.5 Å². The average molecular weight is 317 g/mol. The second-order valence-corrected chi connectivity index (χ2v) is 7.03. The fourth-order valence-corrected chi connectivity index (χ4v) is 4.60. The van der Waals surface area contributed by atoms with Gasteiger partial charge >= 0.3 is 0 Å². The van der Waals surface area contributed by atoms with Gasteiger partial charge < -0.3 is 20.0 Å². The van der Waals surface area contributed by atoms with Gasteiger partial charge in [0.2, 0.25) is 5.91 Å². The van der Waals surface area contributed by atoms with E-state index in [-0.39, 0.29) is 23.8 Å². The zero-order valence-corrected chi connectivity index (χ0v) is 13.2. The van der Waals surface area contributed by atoms with Crippen LogP contribution in [0.2, 0.25) is 0 Å². The summed E-state index contributed by atoms with van der Waals surface area (Å²) in [5.74, 6) is 1.48. The summed E-state index contributed by atoms with van der Waals surface area (Å²) in [6.07, 6.45) is 4.95. The van der Waals surface area contributed by atoms with Gasteiger partial charge in [0.15, 0.2) is 5.76 Å². The summed E-state index contributed by atoms with van der Waals surface area (Å²) in [7, 11) is 0. The number of nitrogens with zero attached hydrogens (tertiary/aromatic N) is 2. The van der Waals surface area contributed by atoms with Gasteiger partial charge in [-0.15, -0.1) is 0 Å². The molecular formula is C17H23N3O3. The van der Waals surface area contributed by atoms with Gasteiger partial charge in [-0.1, -0.05) is 0 Å². The Morgan fingerprint density at radius 1 is 1.09 bits per heavy atom. The highest BCUT2D eigenvalue weighted by molar-refractivity contribution is 5.91. The van der Waals surface area contributed by atoms with Crippen molar-refractivity contribution in [2.45, 2.75) is 25.3 Å². The summed E-state index contributed by atoms with van der Waals surface area (Å²) in [5.41, 5.74) is 6.29. The molecule has 4 atom stereocenters. The second-order valence-electron chi connectivity index (χ2n) is 7.03. The molecular weight excluding hydrogens is 294 g/mol. The first kappa shape index (κ1) is 14.8. The standard InChI is InChI=1S/C17H23N3O3/c18-15-12-4-3-11(10-12)14(15)17(22)20-7-5-19(6-8-20)16(21)13-2-1-9-23-13/h1-2,9,11-12,14-15H,3-8,10,18H2. The lowest BCUT2D eigenvalue weighted by Gasteiger charge is -2.38. The molecule has 124 valence electrons. The molecule has 1 saturated heterocycles. The van der Waals surface area contributed by atoms with Gasteiger partial charge in [0, 0.05) is 32.2 Å². The largest absolute Gasteiger partial charge is 0.459 e. The van der Waals surface area contributed by atoms with E-state index in [1.54, 1.807) is 17.0 Å². The Labute approximate surface area is 135 Å². The normalized spacial score (nSPS) is 33.3. The molecule has 1 aromatic rings. The lowest BCUT2D eigenvalue weighted by molar-refractivity contribution is -0.139. The number of rotatable bonds is 2. The summed E-state index contributed by atoms with van der Waals surface area (Å²) in [6, 6.07) is 3.42. The van der Waals surface area contributed by atoms with Crippen LogP contribution < -0.4 is 5.73 Å². The number of carbonyl (C=O) groups is 2. The highest BCUT2D eigenvalue weighted by Crippen LogP contribution is 2.48. The Morgan fingerprint density at radius 3 is 2.39 bits per heavy atom. The SMILES string of the molecule is NC1C2CCC(C2)C1C(=O)N1CCN(C(=O)c2ccco2)CC1. The van der Waals surface area contributed by atoms with Crippen molar-refractivity contribution in [3.8, 4) is 0 Å². The third kappa shape index (κ3) is 2.45. The van der Waals surface area contributed by atoms with Crippen LogP contribution in [0.25, 0.3) is 0 Å². The number of nitrogens with two attached hydrogens (primary N) is 1. The quantitative estimate of drug-likeness (QED) is 0.880. The first-order valence-electron chi connectivity index (χ1n) is 8.52. The zero-order valence-electron chi connectivity index (χ0n) is 13.2. The molecule has 0 aromatic carbocycles. The molecule has 2 saturated carbocycles. The van der Waals surface area contributed by atoms with Crippen LogP contribution in [0.3, 0.4) is 0 Å². The number of carbonyl (C=O) groups excluding carboxylic acids is 2. The molecule has 23 heavy (non-hydrogen) atoms. The topological polar surface area (TPSA) is 79.8 Å². The predicted molar refractivity (Wildman–Crippen MR) is 83.5 cm³/mol. The number of hydrogen-bond donors (Lipinski definition) is 1. The molecule has 1 aliphatic heterocycles. The number of fused-ring (bicyclic) bond motifs is 2. The van der Waals surface area contributed by atoms with Gasteiger partial charge in [0.25, 0.3) is 5.91 Å². The van der Waals surface area contributed by atoms with Crippen molar-refractivity contribution in [2.75, 3.05) is 26.2 Å². The molecule has 6 heteroatoms. The van der Waals surface area contributed by atoms with E-state index < -0.39 is 0 Å². The molecule has 3 fully saturated rings. The Balaban J connectivity index is 1.36. The van der Waals surface area contributed by atoms with Crippen LogP contribution in [0.5, 0.6) is 0 Å². The molecule has 2 amide bonds. The van der Waals surface area contributed by atoms with Crippen LogP contribution in [0, 0.1) is 17.8 Å². The van der Waals surface area contributed by atoms with Crippen LogP contribution in [0.1, 0.15) is 29.8 Å². The Kier molecular flexibility index (Phi) is 3.64. The monoisotopic (exact) mass is 317 g/mol. The minimum Gasteiger partial charge on any atom is -0.459 e. The molecule has 2 N–H and O–H groups in total. The Bertz CT molecular complexity index is 590. The molecule has 1 aromatic heterocycles. The number of furan rings is 1. The minimum atomic E-state index is -0.0984. The van der Waals surface area contributed by atoms with E-state index in [9.17, 15) is 9.59 Å². The Hall–Kier alpha value is -1.82. The third-order valence-electron chi connectivity index (χ3n) is 5.88. The molecule has 3 aliphatic rings. The van der Waals surface area contributed by atoms with Crippen LogP contribution in [-0.4, -0.2) is 53.8 Å². The van der Waals surface area contributed by atoms with Crippen LogP contribution in [0.4, 0.5) is 0 Å². The maximum absolute atomic E-state index is 12.8. The van der Waals surface area contributed by atoms with Crippen molar-refractivity contribution in [1.82, 2.24) is 9.80 Å². The van der Waals surface area contributed by atoms with Crippen molar-refractivity contribution < 1.29 is 14.0 Å². The molecule has 0 radical (unpaired) electrons. The summed E-state index contributed by atoms with van der Waals surface area (Å²) >= 11 is 0. The van der Waals surface area contributed by atoms with Crippen molar-refractivity contribution in [3.63, 3.8) is 0 Å². The molecule has 2 bridgehead atoms. The van der Waals surface area contributed by atoms with Gasteiger partial charge in [0.1, 0.15) is 0 Å². The molecule has 4 unspecified atom stereocenters. The fraction of sp³-hybridized carbons (Fsp3) is 0.647. The van der Waals surface area contributed by atoms with Gasteiger partial charge in [-0.25, -0.2) is 0 Å².